The Bertz CT molecular complexity index is 632. The summed E-state index contributed by atoms with van der Waals surface area (Å²) >= 11 is 6.72. The lowest BCUT2D eigenvalue weighted by atomic mass is 10.00. The zero-order chi connectivity index (χ0) is 15.6. The third-order valence-corrected chi connectivity index (χ3v) is 4.80. The van der Waals surface area contributed by atoms with Gasteiger partial charge >= 0.3 is 0 Å². The van der Waals surface area contributed by atoms with Crippen LogP contribution in [0, 0.1) is 13.8 Å². The van der Waals surface area contributed by atoms with Gasteiger partial charge in [-0.05, 0) is 81.5 Å². The number of hydrogen-bond donors (Lipinski definition) is 2. The molecule has 0 aliphatic carbocycles. The molecule has 0 aliphatic rings. The van der Waals surface area contributed by atoms with Gasteiger partial charge in [0.15, 0.2) is 0 Å². The summed E-state index contributed by atoms with van der Waals surface area (Å²) in [6.07, 6.45) is 0. The minimum Gasteiger partial charge on any atom is -0.506 e. The maximum atomic E-state index is 9.74. The van der Waals surface area contributed by atoms with Gasteiger partial charge in [-0.15, -0.1) is 0 Å². The van der Waals surface area contributed by atoms with E-state index in [4.69, 9.17) is 0 Å². The molecule has 1 atom stereocenters. The Morgan fingerprint density at radius 1 is 1.10 bits per heavy atom. The van der Waals surface area contributed by atoms with E-state index in [0.717, 1.165) is 12.1 Å². The van der Waals surface area contributed by atoms with E-state index in [9.17, 15) is 5.11 Å². The van der Waals surface area contributed by atoms with Crippen LogP contribution in [0.15, 0.2) is 39.3 Å². The molecule has 2 nitrogen and oxygen atoms in total. The fourth-order valence-electron chi connectivity index (χ4n) is 2.33. The van der Waals surface area contributed by atoms with Crippen LogP contribution in [0.4, 0.5) is 0 Å². The van der Waals surface area contributed by atoms with Crippen molar-refractivity contribution in [3.8, 4) is 5.75 Å². The van der Waals surface area contributed by atoms with E-state index in [1.165, 1.54) is 16.7 Å². The van der Waals surface area contributed by atoms with E-state index in [1.807, 2.05) is 12.1 Å². The standard InChI is InChI=1S/C17H19Br2NO/c1-10-4-5-11(2)14(6-10)12(3)20-9-13-7-15(18)17(21)16(19)8-13/h4-8,12,20-21H,9H2,1-3H3. The second kappa shape index (κ2) is 6.95. The van der Waals surface area contributed by atoms with Crippen LogP contribution in [0.2, 0.25) is 0 Å². The predicted octanol–water partition coefficient (Wildman–Crippen LogP) is 5.38. The van der Waals surface area contributed by atoms with Gasteiger partial charge in [0, 0.05) is 12.6 Å². The number of hydrogen-bond acceptors (Lipinski definition) is 2. The molecule has 0 fully saturated rings. The van der Waals surface area contributed by atoms with Crippen molar-refractivity contribution in [3.05, 3.63) is 61.5 Å². The first-order valence-electron chi connectivity index (χ1n) is 6.86. The quantitative estimate of drug-likeness (QED) is 0.705. The molecule has 0 bridgehead atoms. The van der Waals surface area contributed by atoms with E-state index in [2.05, 4.69) is 76.1 Å². The lowest BCUT2D eigenvalue weighted by molar-refractivity contribution is 0.467. The highest BCUT2D eigenvalue weighted by Gasteiger charge is 2.10. The molecule has 1 unspecified atom stereocenters. The van der Waals surface area contributed by atoms with Crippen LogP contribution >= 0.6 is 31.9 Å². The minimum absolute atomic E-state index is 0.237. The Balaban J connectivity index is 2.11. The number of halogens is 2. The Labute approximate surface area is 142 Å². The summed E-state index contributed by atoms with van der Waals surface area (Å²) in [5.41, 5.74) is 5.02. The van der Waals surface area contributed by atoms with Crippen molar-refractivity contribution >= 4 is 31.9 Å². The Morgan fingerprint density at radius 3 is 2.33 bits per heavy atom. The van der Waals surface area contributed by atoms with Crippen LogP contribution in [-0.2, 0) is 6.54 Å². The van der Waals surface area contributed by atoms with Gasteiger partial charge in [-0.1, -0.05) is 23.8 Å². The second-order valence-electron chi connectivity index (χ2n) is 5.37. The number of phenols is 1. The van der Waals surface area contributed by atoms with E-state index in [-0.39, 0.29) is 11.8 Å². The molecule has 0 amide bonds. The average Bonchev–Trinajstić information content (AvgIpc) is 2.44. The van der Waals surface area contributed by atoms with Crippen LogP contribution in [0.5, 0.6) is 5.75 Å². The molecule has 21 heavy (non-hydrogen) atoms. The van der Waals surface area contributed by atoms with Crippen molar-refractivity contribution < 1.29 is 5.11 Å². The monoisotopic (exact) mass is 411 g/mol. The van der Waals surface area contributed by atoms with E-state index < -0.39 is 0 Å². The summed E-state index contributed by atoms with van der Waals surface area (Å²) in [5, 5.41) is 13.3. The van der Waals surface area contributed by atoms with Crippen molar-refractivity contribution in [1.29, 1.82) is 0 Å². The first-order chi connectivity index (χ1) is 9.88. The summed E-state index contributed by atoms with van der Waals surface area (Å²) in [5.74, 6) is 0.237. The number of aromatic hydroxyl groups is 1. The summed E-state index contributed by atoms with van der Waals surface area (Å²) in [7, 11) is 0. The summed E-state index contributed by atoms with van der Waals surface area (Å²) in [4.78, 5) is 0. The number of rotatable bonds is 4. The van der Waals surface area contributed by atoms with Gasteiger partial charge in [-0.3, -0.25) is 0 Å². The number of benzene rings is 2. The average molecular weight is 413 g/mol. The molecule has 0 aliphatic heterocycles. The van der Waals surface area contributed by atoms with E-state index in [1.54, 1.807) is 0 Å². The van der Waals surface area contributed by atoms with Crippen molar-refractivity contribution in [2.75, 3.05) is 0 Å². The zero-order valence-corrected chi connectivity index (χ0v) is 15.5. The SMILES string of the molecule is Cc1ccc(C)c(C(C)NCc2cc(Br)c(O)c(Br)c2)c1. The maximum absolute atomic E-state index is 9.74. The Morgan fingerprint density at radius 2 is 1.71 bits per heavy atom. The number of phenolic OH excluding ortho intramolecular Hbond substituents is 1. The molecule has 2 rings (SSSR count). The van der Waals surface area contributed by atoms with Gasteiger partial charge < -0.3 is 10.4 Å². The molecule has 0 aromatic heterocycles. The number of aryl methyl sites for hydroxylation is 2. The summed E-state index contributed by atoms with van der Waals surface area (Å²) < 4.78 is 1.40. The third-order valence-electron chi connectivity index (χ3n) is 3.59. The van der Waals surface area contributed by atoms with Gasteiger partial charge in [-0.25, -0.2) is 0 Å². The smallest absolute Gasteiger partial charge is 0.143 e. The predicted molar refractivity (Wildman–Crippen MR) is 94.7 cm³/mol. The van der Waals surface area contributed by atoms with E-state index in [0.29, 0.717) is 8.95 Å². The van der Waals surface area contributed by atoms with Crippen molar-refractivity contribution in [2.45, 2.75) is 33.4 Å². The molecule has 0 spiro atoms. The highest BCUT2D eigenvalue weighted by atomic mass is 79.9. The third kappa shape index (κ3) is 4.09. The maximum Gasteiger partial charge on any atom is 0.143 e. The van der Waals surface area contributed by atoms with Gasteiger partial charge in [0.2, 0.25) is 0 Å². The van der Waals surface area contributed by atoms with Gasteiger partial charge in [0.1, 0.15) is 5.75 Å². The normalized spacial score (nSPS) is 12.4. The molecule has 2 N–H and O–H groups in total. The van der Waals surface area contributed by atoms with Crippen molar-refractivity contribution in [1.82, 2.24) is 5.32 Å². The Kier molecular flexibility index (Phi) is 5.47. The van der Waals surface area contributed by atoms with Gasteiger partial charge in [0.05, 0.1) is 8.95 Å². The molecule has 2 aromatic carbocycles. The van der Waals surface area contributed by atoms with Crippen molar-refractivity contribution in [2.24, 2.45) is 0 Å². The van der Waals surface area contributed by atoms with Crippen molar-refractivity contribution in [3.63, 3.8) is 0 Å². The van der Waals surface area contributed by atoms with Crippen LogP contribution in [0.3, 0.4) is 0 Å². The molecule has 0 saturated heterocycles. The lowest BCUT2D eigenvalue weighted by Crippen LogP contribution is -2.19. The molecule has 0 heterocycles. The zero-order valence-electron chi connectivity index (χ0n) is 12.4. The largest absolute Gasteiger partial charge is 0.506 e. The highest BCUT2D eigenvalue weighted by Crippen LogP contribution is 2.33. The Hall–Kier alpha value is -0.840. The fraction of sp³-hybridized carbons (Fsp3) is 0.294. The molecule has 0 saturated carbocycles. The molecule has 112 valence electrons. The molecule has 4 heteroatoms. The molecule has 0 radical (unpaired) electrons. The van der Waals surface area contributed by atoms with Crippen LogP contribution in [-0.4, -0.2) is 5.11 Å². The minimum atomic E-state index is 0.237. The van der Waals surface area contributed by atoms with E-state index >= 15 is 0 Å². The lowest BCUT2D eigenvalue weighted by Gasteiger charge is -2.18. The van der Waals surface area contributed by atoms with Crippen LogP contribution in [0.25, 0.3) is 0 Å². The molecular formula is C17H19Br2NO. The van der Waals surface area contributed by atoms with Gasteiger partial charge in [0.25, 0.3) is 0 Å². The second-order valence-corrected chi connectivity index (χ2v) is 7.08. The molecule has 2 aromatic rings. The summed E-state index contributed by atoms with van der Waals surface area (Å²) in [6, 6.07) is 10.7. The number of nitrogens with one attached hydrogen (secondary N) is 1. The van der Waals surface area contributed by atoms with Crippen LogP contribution in [0.1, 0.15) is 35.2 Å². The highest BCUT2D eigenvalue weighted by molar-refractivity contribution is 9.11. The first-order valence-corrected chi connectivity index (χ1v) is 8.44. The summed E-state index contributed by atoms with van der Waals surface area (Å²) in [6.45, 7) is 7.17. The topological polar surface area (TPSA) is 32.3 Å². The molecular weight excluding hydrogens is 394 g/mol. The first kappa shape index (κ1) is 16.5. The van der Waals surface area contributed by atoms with Gasteiger partial charge in [-0.2, -0.15) is 0 Å². The van der Waals surface area contributed by atoms with Crippen LogP contribution < -0.4 is 5.32 Å². The fourth-order valence-corrected chi connectivity index (χ4v) is 3.61.